The van der Waals surface area contributed by atoms with Crippen molar-refractivity contribution in [3.8, 4) is 0 Å². The van der Waals surface area contributed by atoms with Gasteiger partial charge in [0.2, 0.25) is 0 Å². The van der Waals surface area contributed by atoms with E-state index in [0.717, 1.165) is 25.1 Å². The van der Waals surface area contributed by atoms with Gasteiger partial charge in [-0.15, -0.1) is 11.3 Å². The Balaban J connectivity index is 1.53. The fourth-order valence-corrected chi connectivity index (χ4v) is 4.57. The molecule has 1 atom stereocenters. The molecule has 2 aliphatic rings. The second-order valence-electron chi connectivity index (χ2n) is 6.79. The first-order valence-electron chi connectivity index (χ1n) is 9.08. The van der Waals surface area contributed by atoms with Crippen LogP contribution in [0.3, 0.4) is 0 Å². The van der Waals surface area contributed by atoms with Crippen molar-refractivity contribution in [2.45, 2.75) is 64.6 Å². The van der Waals surface area contributed by atoms with Crippen molar-refractivity contribution >= 4 is 17.3 Å². The van der Waals surface area contributed by atoms with E-state index >= 15 is 0 Å². The lowest BCUT2D eigenvalue weighted by Crippen LogP contribution is -2.45. The zero-order valence-corrected chi connectivity index (χ0v) is 15.3. The lowest BCUT2D eigenvalue weighted by Gasteiger charge is -2.24. The van der Waals surface area contributed by atoms with Gasteiger partial charge >= 0.3 is 0 Å². The zero-order chi connectivity index (χ0) is 16.1. The highest BCUT2D eigenvalue weighted by Crippen LogP contribution is 2.26. The molecule has 1 saturated carbocycles. The lowest BCUT2D eigenvalue weighted by atomic mass is 10.2. The van der Waals surface area contributed by atoms with Crippen LogP contribution < -0.4 is 10.6 Å². The Morgan fingerprint density at radius 1 is 1.35 bits per heavy atom. The third-order valence-electron chi connectivity index (χ3n) is 5.09. The van der Waals surface area contributed by atoms with Crippen molar-refractivity contribution in [2.75, 3.05) is 19.6 Å². The molecule has 1 aromatic heterocycles. The highest BCUT2D eigenvalue weighted by atomic mass is 32.1. The van der Waals surface area contributed by atoms with Crippen molar-refractivity contribution in [1.82, 2.24) is 15.5 Å². The van der Waals surface area contributed by atoms with Crippen molar-refractivity contribution < 1.29 is 0 Å². The highest BCUT2D eigenvalue weighted by molar-refractivity contribution is 7.10. The Morgan fingerprint density at radius 3 is 2.87 bits per heavy atom. The van der Waals surface area contributed by atoms with E-state index in [9.17, 15) is 0 Å². The smallest absolute Gasteiger partial charge is 0.191 e. The number of nitrogens with one attached hydrogen (secondary N) is 2. The quantitative estimate of drug-likeness (QED) is 0.642. The Kier molecular flexibility index (Phi) is 5.95. The van der Waals surface area contributed by atoms with Crippen LogP contribution in [0.25, 0.3) is 0 Å². The average Bonchev–Trinajstić information content (AvgIpc) is 3.26. The molecule has 0 radical (unpaired) electrons. The van der Waals surface area contributed by atoms with Crippen LogP contribution in [0.15, 0.2) is 16.4 Å². The Morgan fingerprint density at radius 2 is 2.17 bits per heavy atom. The molecular formula is C18H30N4S. The standard InChI is InChI=1S/C18H30N4S/c1-3-19-18(20-12-17-14(2)9-11-23-17)21-15-8-10-22(13-15)16-6-4-5-7-16/h9,11,15-16H,3-8,10,12-13H2,1-2H3,(H2,19,20,21). The Bertz CT molecular complexity index is 519. The highest BCUT2D eigenvalue weighted by Gasteiger charge is 2.30. The molecular weight excluding hydrogens is 304 g/mol. The molecule has 0 spiro atoms. The van der Waals surface area contributed by atoms with Gasteiger partial charge in [-0.25, -0.2) is 4.99 Å². The summed E-state index contributed by atoms with van der Waals surface area (Å²) in [7, 11) is 0. The lowest BCUT2D eigenvalue weighted by molar-refractivity contribution is 0.242. The Hall–Kier alpha value is -1.07. The van der Waals surface area contributed by atoms with E-state index in [1.165, 1.54) is 55.6 Å². The van der Waals surface area contributed by atoms with E-state index in [0.29, 0.717) is 6.04 Å². The number of hydrogen-bond acceptors (Lipinski definition) is 3. The van der Waals surface area contributed by atoms with Gasteiger partial charge in [0.1, 0.15) is 0 Å². The van der Waals surface area contributed by atoms with Gasteiger partial charge in [0.05, 0.1) is 6.54 Å². The molecule has 2 heterocycles. The summed E-state index contributed by atoms with van der Waals surface area (Å²) in [6.07, 6.45) is 6.88. The molecule has 128 valence electrons. The topological polar surface area (TPSA) is 39.7 Å². The van der Waals surface area contributed by atoms with Gasteiger partial charge in [0.15, 0.2) is 5.96 Å². The number of aryl methyl sites for hydroxylation is 1. The van der Waals surface area contributed by atoms with Crippen LogP contribution in [-0.2, 0) is 6.54 Å². The SMILES string of the molecule is CCNC(=NCc1sccc1C)NC1CCN(C2CCCC2)C1. The number of hydrogen-bond donors (Lipinski definition) is 2. The minimum Gasteiger partial charge on any atom is -0.357 e. The third kappa shape index (κ3) is 4.48. The molecule has 1 aliphatic heterocycles. The summed E-state index contributed by atoms with van der Waals surface area (Å²) >= 11 is 1.80. The second-order valence-corrected chi connectivity index (χ2v) is 7.79. The van der Waals surface area contributed by atoms with Crippen LogP contribution in [0, 0.1) is 6.92 Å². The van der Waals surface area contributed by atoms with Gasteiger partial charge in [-0.2, -0.15) is 0 Å². The van der Waals surface area contributed by atoms with Crippen molar-refractivity contribution in [3.05, 3.63) is 21.9 Å². The maximum atomic E-state index is 4.79. The van der Waals surface area contributed by atoms with Crippen molar-refractivity contribution in [3.63, 3.8) is 0 Å². The zero-order valence-electron chi connectivity index (χ0n) is 14.5. The summed E-state index contributed by atoms with van der Waals surface area (Å²) in [6.45, 7) is 8.40. The number of thiophene rings is 1. The molecule has 0 aromatic carbocycles. The number of rotatable bonds is 5. The first kappa shape index (κ1) is 16.8. The third-order valence-corrected chi connectivity index (χ3v) is 6.10. The maximum absolute atomic E-state index is 4.79. The van der Waals surface area contributed by atoms with E-state index in [2.05, 4.69) is 40.8 Å². The summed E-state index contributed by atoms with van der Waals surface area (Å²) in [4.78, 5) is 8.84. The molecule has 1 aromatic rings. The first-order chi connectivity index (χ1) is 11.3. The number of aliphatic imine (C=N–C) groups is 1. The van der Waals surface area contributed by atoms with Crippen LogP contribution in [-0.4, -0.2) is 42.6 Å². The largest absolute Gasteiger partial charge is 0.357 e. The van der Waals surface area contributed by atoms with Gasteiger partial charge in [-0.3, -0.25) is 4.90 Å². The molecule has 0 amide bonds. The van der Waals surface area contributed by atoms with Crippen molar-refractivity contribution in [1.29, 1.82) is 0 Å². The monoisotopic (exact) mass is 334 g/mol. The average molecular weight is 335 g/mol. The number of nitrogens with zero attached hydrogens (tertiary/aromatic N) is 2. The summed E-state index contributed by atoms with van der Waals surface area (Å²) in [6, 6.07) is 3.56. The molecule has 1 saturated heterocycles. The molecule has 1 aliphatic carbocycles. The minimum atomic E-state index is 0.540. The van der Waals surface area contributed by atoms with E-state index in [4.69, 9.17) is 4.99 Å². The Labute approximate surface area is 144 Å². The van der Waals surface area contributed by atoms with E-state index in [-0.39, 0.29) is 0 Å². The summed E-state index contributed by atoms with van der Waals surface area (Å²) in [5.41, 5.74) is 1.35. The normalized spacial score (nSPS) is 23.6. The molecule has 0 bridgehead atoms. The number of likely N-dealkylation sites (tertiary alicyclic amines) is 1. The molecule has 2 fully saturated rings. The van der Waals surface area contributed by atoms with Gasteiger partial charge < -0.3 is 10.6 Å². The summed E-state index contributed by atoms with van der Waals surface area (Å²) in [5, 5.41) is 9.20. The van der Waals surface area contributed by atoms with Crippen molar-refractivity contribution in [2.24, 2.45) is 4.99 Å². The summed E-state index contributed by atoms with van der Waals surface area (Å²) < 4.78 is 0. The minimum absolute atomic E-state index is 0.540. The molecule has 1 unspecified atom stereocenters. The van der Waals surface area contributed by atoms with Crippen LogP contribution in [0.4, 0.5) is 0 Å². The van der Waals surface area contributed by atoms with E-state index in [1.54, 1.807) is 11.3 Å². The van der Waals surface area contributed by atoms with Gasteiger partial charge in [0.25, 0.3) is 0 Å². The molecule has 5 heteroatoms. The molecule has 2 N–H and O–H groups in total. The van der Waals surface area contributed by atoms with Crippen LogP contribution in [0.1, 0.15) is 49.5 Å². The van der Waals surface area contributed by atoms with Gasteiger partial charge in [-0.1, -0.05) is 12.8 Å². The van der Waals surface area contributed by atoms with E-state index < -0.39 is 0 Å². The fraction of sp³-hybridized carbons (Fsp3) is 0.722. The molecule has 4 nitrogen and oxygen atoms in total. The fourth-order valence-electron chi connectivity index (χ4n) is 3.74. The van der Waals surface area contributed by atoms with Gasteiger partial charge in [-0.05, 0) is 50.1 Å². The first-order valence-corrected chi connectivity index (χ1v) is 9.96. The number of guanidine groups is 1. The predicted molar refractivity (Wildman–Crippen MR) is 99.2 cm³/mol. The predicted octanol–water partition coefficient (Wildman–Crippen LogP) is 3.13. The van der Waals surface area contributed by atoms with Crippen LogP contribution >= 0.6 is 11.3 Å². The second kappa shape index (κ2) is 8.15. The van der Waals surface area contributed by atoms with E-state index in [1.807, 2.05) is 0 Å². The maximum Gasteiger partial charge on any atom is 0.191 e. The van der Waals surface area contributed by atoms with Gasteiger partial charge in [0, 0.05) is 36.6 Å². The summed E-state index contributed by atoms with van der Waals surface area (Å²) in [5.74, 6) is 0.971. The molecule has 23 heavy (non-hydrogen) atoms. The van der Waals surface area contributed by atoms with Crippen LogP contribution in [0.2, 0.25) is 0 Å². The van der Waals surface area contributed by atoms with Crippen LogP contribution in [0.5, 0.6) is 0 Å². The molecule has 3 rings (SSSR count).